The van der Waals surface area contributed by atoms with Gasteiger partial charge in [-0.25, -0.2) is 0 Å². The van der Waals surface area contributed by atoms with Crippen LogP contribution in [0.25, 0.3) is 0 Å². The Morgan fingerprint density at radius 1 is 1.40 bits per heavy atom. The van der Waals surface area contributed by atoms with Crippen LogP contribution >= 0.6 is 0 Å². The molecular weight excluding hydrogens is 143 g/mol. The van der Waals surface area contributed by atoms with Crippen molar-refractivity contribution in [1.29, 1.82) is 0 Å². The van der Waals surface area contributed by atoms with E-state index in [9.17, 15) is 13.2 Å². The molecule has 0 amide bonds. The van der Waals surface area contributed by atoms with Crippen molar-refractivity contribution in [2.75, 3.05) is 13.1 Å². The van der Waals surface area contributed by atoms with Gasteiger partial charge < -0.3 is 5.32 Å². The van der Waals surface area contributed by atoms with Gasteiger partial charge in [0, 0.05) is 0 Å². The second-order valence-corrected chi connectivity index (χ2v) is 1.87. The van der Waals surface area contributed by atoms with E-state index in [1.807, 2.05) is 0 Å². The molecular formula is C6H10F3N. The number of alkyl halides is 3. The van der Waals surface area contributed by atoms with E-state index in [1.54, 1.807) is 6.08 Å². The van der Waals surface area contributed by atoms with Crippen molar-refractivity contribution in [2.24, 2.45) is 0 Å². The van der Waals surface area contributed by atoms with Crippen LogP contribution in [0.3, 0.4) is 0 Å². The molecule has 1 N–H and O–H groups in total. The topological polar surface area (TPSA) is 12.0 Å². The second-order valence-electron chi connectivity index (χ2n) is 1.87. The summed E-state index contributed by atoms with van der Waals surface area (Å²) in [6, 6.07) is 0. The molecule has 0 spiro atoms. The fourth-order valence-electron chi connectivity index (χ4n) is 0.434. The Bertz CT molecular complexity index is 97.7. The van der Waals surface area contributed by atoms with Crippen LogP contribution in [0.1, 0.15) is 6.42 Å². The molecule has 0 unspecified atom stereocenters. The van der Waals surface area contributed by atoms with Crippen LogP contribution in [0, 0.1) is 0 Å². The monoisotopic (exact) mass is 153 g/mol. The highest BCUT2D eigenvalue weighted by atomic mass is 19.4. The number of hydrogen-bond donors (Lipinski definition) is 1. The Kier molecular flexibility index (Phi) is 4.11. The molecule has 0 fully saturated rings. The Labute approximate surface area is 57.9 Å². The molecule has 0 saturated heterocycles. The summed E-state index contributed by atoms with van der Waals surface area (Å²) in [6.45, 7) is 2.79. The molecule has 0 saturated carbocycles. The first-order chi connectivity index (χ1) is 4.56. The zero-order valence-corrected chi connectivity index (χ0v) is 5.54. The van der Waals surface area contributed by atoms with Gasteiger partial charge >= 0.3 is 6.18 Å². The first-order valence-electron chi connectivity index (χ1n) is 2.94. The Balaban J connectivity index is 3.12. The van der Waals surface area contributed by atoms with Crippen LogP contribution in [0.5, 0.6) is 0 Å². The van der Waals surface area contributed by atoms with E-state index in [4.69, 9.17) is 0 Å². The molecule has 0 aliphatic carbocycles. The molecule has 0 radical (unpaired) electrons. The number of hydrogen-bond acceptors (Lipinski definition) is 1. The lowest BCUT2D eigenvalue weighted by atomic mass is 10.4. The van der Waals surface area contributed by atoms with Crippen LogP contribution in [-0.4, -0.2) is 19.3 Å². The van der Waals surface area contributed by atoms with Gasteiger partial charge in [0.05, 0.1) is 6.54 Å². The molecule has 0 aliphatic rings. The highest BCUT2D eigenvalue weighted by Crippen LogP contribution is 2.11. The third kappa shape index (κ3) is 7.49. The van der Waals surface area contributed by atoms with Crippen LogP contribution < -0.4 is 5.32 Å². The van der Waals surface area contributed by atoms with E-state index in [-0.39, 0.29) is 0 Å². The molecule has 4 heteroatoms. The van der Waals surface area contributed by atoms with Crippen LogP contribution in [-0.2, 0) is 0 Å². The van der Waals surface area contributed by atoms with Crippen molar-refractivity contribution in [2.45, 2.75) is 12.6 Å². The molecule has 0 aromatic carbocycles. The van der Waals surface area contributed by atoms with Crippen molar-refractivity contribution in [3.05, 3.63) is 12.7 Å². The third-order valence-electron chi connectivity index (χ3n) is 0.851. The minimum absolute atomic E-state index is 0.336. The highest BCUT2D eigenvalue weighted by molar-refractivity contribution is 4.68. The van der Waals surface area contributed by atoms with Crippen LogP contribution in [0.2, 0.25) is 0 Å². The smallest absolute Gasteiger partial charge is 0.308 e. The first kappa shape index (κ1) is 9.49. The van der Waals surface area contributed by atoms with Gasteiger partial charge in [-0.15, -0.1) is 6.58 Å². The van der Waals surface area contributed by atoms with Crippen LogP contribution in [0.4, 0.5) is 13.2 Å². The van der Waals surface area contributed by atoms with Crippen molar-refractivity contribution in [3.8, 4) is 0 Å². The molecule has 0 aliphatic heterocycles. The molecule has 10 heavy (non-hydrogen) atoms. The van der Waals surface area contributed by atoms with Crippen molar-refractivity contribution in [1.82, 2.24) is 5.32 Å². The lowest BCUT2D eigenvalue weighted by Gasteiger charge is -2.05. The van der Waals surface area contributed by atoms with Gasteiger partial charge in [0.2, 0.25) is 0 Å². The number of halogens is 3. The number of nitrogens with one attached hydrogen (secondary N) is 1. The quantitative estimate of drug-likeness (QED) is 0.479. The summed E-state index contributed by atoms with van der Waals surface area (Å²) in [5.41, 5.74) is 0. The Morgan fingerprint density at radius 3 is 2.40 bits per heavy atom. The van der Waals surface area contributed by atoms with Gasteiger partial charge in [0.25, 0.3) is 0 Å². The fourth-order valence-corrected chi connectivity index (χ4v) is 0.434. The van der Waals surface area contributed by atoms with Gasteiger partial charge in [-0.1, -0.05) is 6.08 Å². The Hall–Kier alpha value is -0.510. The summed E-state index contributed by atoms with van der Waals surface area (Å²) in [4.78, 5) is 0. The predicted molar refractivity (Wildman–Crippen MR) is 33.7 cm³/mol. The van der Waals surface area contributed by atoms with Gasteiger partial charge in [-0.3, -0.25) is 0 Å². The van der Waals surface area contributed by atoms with Gasteiger partial charge in [-0.2, -0.15) is 13.2 Å². The zero-order valence-electron chi connectivity index (χ0n) is 5.54. The second kappa shape index (κ2) is 4.33. The maximum atomic E-state index is 11.4. The van der Waals surface area contributed by atoms with Crippen molar-refractivity contribution in [3.63, 3.8) is 0 Å². The van der Waals surface area contributed by atoms with E-state index >= 15 is 0 Å². The van der Waals surface area contributed by atoms with Gasteiger partial charge in [0.15, 0.2) is 0 Å². The minimum Gasteiger partial charge on any atom is -0.308 e. The largest absolute Gasteiger partial charge is 0.401 e. The predicted octanol–water partition coefficient (Wildman–Crippen LogP) is 1.71. The molecule has 0 aromatic rings. The molecule has 1 nitrogen and oxygen atoms in total. The zero-order chi connectivity index (χ0) is 8.04. The average molecular weight is 153 g/mol. The minimum atomic E-state index is -4.10. The summed E-state index contributed by atoms with van der Waals surface area (Å²) < 4.78 is 34.2. The van der Waals surface area contributed by atoms with Crippen molar-refractivity contribution < 1.29 is 13.2 Å². The van der Waals surface area contributed by atoms with E-state index in [0.29, 0.717) is 13.0 Å². The van der Waals surface area contributed by atoms with E-state index in [1.165, 1.54) is 0 Å². The van der Waals surface area contributed by atoms with Gasteiger partial charge in [0.1, 0.15) is 0 Å². The molecule has 0 heterocycles. The summed E-state index contributed by atoms with van der Waals surface area (Å²) in [5.74, 6) is 0. The highest BCUT2D eigenvalue weighted by Gasteiger charge is 2.25. The fraction of sp³-hybridized carbons (Fsp3) is 0.667. The normalized spacial score (nSPS) is 11.5. The molecule has 0 bridgehead atoms. The van der Waals surface area contributed by atoms with Gasteiger partial charge in [-0.05, 0) is 13.0 Å². The SMILES string of the molecule is C=CCCNCC(F)(F)F. The summed E-state index contributed by atoms with van der Waals surface area (Å²) in [5, 5.41) is 2.23. The third-order valence-corrected chi connectivity index (χ3v) is 0.851. The molecule has 60 valence electrons. The maximum Gasteiger partial charge on any atom is 0.401 e. The Morgan fingerprint density at radius 2 is 2.00 bits per heavy atom. The molecule has 0 atom stereocenters. The standard InChI is InChI=1S/C6H10F3N/c1-2-3-4-10-5-6(7,8)9/h2,10H,1,3-5H2. The van der Waals surface area contributed by atoms with E-state index < -0.39 is 12.7 Å². The number of rotatable bonds is 4. The summed E-state index contributed by atoms with van der Waals surface area (Å²) in [7, 11) is 0. The lowest BCUT2D eigenvalue weighted by molar-refractivity contribution is -0.124. The first-order valence-corrected chi connectivity index (χ1v) is 2.94. The van der Waals surface area contributed by atoms with Crippen LogP contribution in [0.15, 0.2) is 12.7 Å². The summed E-state index contributed by atoms with van der Waals surface area (Å²) >= 11 is 0. The summed E-state index contributed by atoms with van der Waals surface area (Å²) in [6.07, 6.45) is -1.96. The van der Waals surface area contributed by atoms with Crippen molar-refractivity contribution >= 4 is 0 Å². The van der Waals surface area contributed by atoms with E-state index in [2.05, 4.69) is 11.9 Å². The maximum absolute atomic E-state index is 11.4. The lowest BCUT2D eigenvalue weighted by Crippen LogP contribution is -2.29. The molecule has 0 rings (SSSR count). The molecule has 0 aromatic heterocycles. The van der Waals surface area contributed by atoms with E-state index in [0.717, 1.165) is 0 Å². The average Bonchev–Trinajstić information content (AvgIpc) is 1.78.